The summed E-state index contributed by atoms with van der Waals surface area (Å²) in [6, 6.07) is 9.85. The van der Waals surface area contributed by atoms with Crippen LogP contribution in [0.25, 0.3) is 0 Å². The van der Waals surface area contributed by atoms with E-state index in [1.807, 2.05) is 24.3 Å². The number of rotatable bonds is 3. The Balaban J connectivity index is 2.04. The summed E-state index contributed by atoms with van der Waals surface area (Å²) in [5.41, 5.74) is 7.89. The van der Waals surface area contributed by atoms with Gasteiger partial charge in [0.2, 0.25) is 0 Å². The minimum atomic E-state index is 0.148. The lowest BCUT2D eigenvalue weighted by atomic mass is 10.0. The highest BCUT2D eigenvalue weighted by atomic mass is 14.6. The van der Waals surface area contributed by atoms with Crippen LogP contribution in [0.4, 0.5) is 0 Å². The van der Waals surface area contributed by atoms with E-state index in [0.717, 1.165) is 17.9 Å². The molecule has 1 saturated carbocycles. The summed E-state index contributed by atoms with van der Waals surface area (Å²) in [7, 11) is 0. The Labute approximate surface area is 84.3 Å². The fourth-order valence-corrected chi connectivity index (χ4v) is 1.65. The van der Waals surface area contributed by atoms with Gasteiger partial charge in [-0.3, -0.25) is 0 Å². The van der Waals surface area contributed by atoms with Gasteiger partial charge in [-0.05, 0) is 30.0 Å². The third-order valence-corrected chi connectivity index (χ3v) is 2.75. The van der Waals surface area contributed by atoms with Gasteiger partial charge in [0.1, 0.15) is 0 Å². The molecule has 0 radical (unpaired) electrons. The Bertz CT molecular complexity index is 344. The number of hydrogen-bond donors (Lipinski definition) is 1. The number of benzene rings is 1. The lowest BCUT2D eigenvalue weighted by Crippen LogP contribution is -2.10. The average Bonchev–Trinajstić information content (AvgIpc) is 3.02. The van der Waals surface area contributed by atoms with Gasteiger partial charge in [-0.2, -0.15) is 5.26 Å². The third kappa shape index (κ3) is 2.12. The predicted molar refractivity (Wildman–Crippen MR) is 55.4 cm³/mol. The van der Waals surface area contributed by atoms with E-state index < -0.39 is 0 Å². The number of nitrogens with two attached hydrogens (primary N) is 1. The second kappa shape index (κ2) is 3.81. The van der Waals surface area contributed by atoms with Crippen molar-refractivity contribution in [3.63, 3.8) is 0 Å². The second-order valence-corrected chi connectivity index (χ2v) is 4.02. The highest BCUT2D eigenvalue weighted by Gasteiger charge is 2.24. The Hall–Kier alpha value is -1.33. The first-order chi connectivity index (χ1) is 6.79. The maximum absolute atomic E-state index is 8.64. The largest absolute Gasteiger partial charge is 0.324 e. The van der Waals surface area contributed by atoms with Crippen LogP contribution in [0, 0.1) is 17.2 Å². The fourth-order valence-electron chi connectivity index (χ4n) is 1.65. The first-order valence-electron chi connectivity index (χ1n) is 5.05. The van der Waals surface area contributed by atoms with Gasteiger partial charge in [-0.15, -0.1) is 0 Å². The van der Waals surface area contributed by atoms with Gasteiger partial charge in [-0.25, -0.2) is 0 Å². The van der Waals surface area contributed by atoms with Crippen molar-refractivity contribution >= 4 is 0 Å². The van der Waals surface area contributed by atoms with E-state index in [-0.39, 0.29) is 6.04 Å². The van der Waals surface area contributed by atoms with Gasteiger partial charge in [0, 0.05) is 6.04 Å². The highest BCUT2D eigenvalue weighted by molar-refractivity contribution is 5.32. The Kier molecular flexibility index (Phi) is 2.51. The van der Waals surface area contributed by atoms with Crippen molar-refractivity contribution in [3.05, 3.63) is 35.4 Å². The molecule has 0 spiro atoms. The first kappa shape index (κ1) is 9.23. The molecule has 1 aromatic carbocycles. The molecule has 2 N–H and O–H groups in total. The van der Waals surface area contributed by atoms with Crippen LogP contribution >= 0.6 is 0 Å². The molecule has 0 bridgehead atoms. The van der Waals surface area contributed by atoms with Crippen molar-refractivity contribution in [1.82, 2.24) is 0 Å². The van der Waals surface area contributed by atoms with Crippen molar-refractivity contribution in [1.29, 1.82) is 5.26 Å². The molecule has 2 nitrogen and oxygen atoms in total. The minimum absolute atomic E-state index is 0.148. The van der Waals surface area contributed by atoms with Gasteiger partial charge < -0.3 is 5.73 Å². The maximum atomic E-state index is 8.64. The third-order valence-electron chi connectivity index (χ3n) is 2.75. The number of nitrogens with zero attached hydrogens (tertiary/aromatic N) is 1. The molecule has 0 saturated heterocycles. The van der Waals surface area contributed by atoms with E-state index in [0.29, 0.717) is 5.56 Å². The van der Waals surface area contributed by atoms with Gasteiger partial charge in [0.05, 0.1) is 11.6 Å². The van der Waals surface area contributed by atoms with Crippen molar-refractivity contribution in [2.45, 2.75) is 25.3 Å². The molecule has 1 atom stereocenters. The van der Waals surface area contributed by atoms with Gasteiger partial charge >= 0.3 is 0 Å². The van der Waals surface area contributed by atoms with Crippen LogP contribution in [0.2, 0.25) is 0 Å². The molecule has 1 fully saturated rings. The normalized spacial score (nSPS) is 17.4. The summed E-state index contributed by atoms with van der Waals surface area (Å²) >= 11 is 0. The Morgan fingerprint density at radius 3 is 2.50 bits per heavy atom. The van der Waals surface area contributed by atoms with E-state index in [9.17, 15) is 0 Å². The average molecular weight is 186 g/mol. The van der Waals surface area contributed by atoms with Crippen molar-refractivity contribution in [2.75, 3.05) is 0 Å². The van der Waals surface area contributed by atoms with Crippen LogP contribution in [0.3, 0.4) is 0 Å². The second-order valence-electron chi connectivity index (χ2n) is 4.02. The summed E-state index contributed by atoms with van der Waals surface area (Å²) in [6.07, 6.45) is 3.76. The molecular weight excluding hydrogens is 172 g/mol. The van der Waals surface area contributed by atoms with Gasteiger partial charge in [0.15, 0.2) is 0 Å². The predicted octanol–water partition coefficient (Wildman–Crippen LogP) is 2.36. The minimum Gasteiger partial charge on any atom is -0.324 e. The standard InChI is InChI=1S/C12H14N2/c13-8-10-3-5-11(6-4-10)12(14)7-9-1-2-9/h3-6,9,12H,1-2,7,14H2. The number of nitriles is 1. The van der Waals surface area contributed by atoms with Gasteiger partial charge in [-0.1, -0.05) is 25.0 Å². The zero-order valence-corrected chi connectivity index (χ0v) is 8.11. The SMILES string of the molecule is N#Cc1ccc(C(N)CC2CC2)cc1. The summed E-state index contributed by atoms with van der Waals surface area (Å²) in [5, 5.41) is 8.64. The molecular formula is C12H14N2. The topological polar surface area (TPSA) is 49.8 Å². The lowest BCUT2D eigenvalue weighted by Gasteiger charge is -2.10. The lowest BCUT2D eigenvalue weighted by molar-refractivity contribution is 0.597. The fraction of sp³-hybridized carbons (Fsp3) is 0.417. The smallest absolute Gasteiger partial charge is 0.0991 e. The molecule has 0 aliphatic heterocycles. The summed E-state index contributed by atoms with van der Waals surface area (Å²) in [6.45, 7) is 0. The zero-order chi connectivity index (χ0) is 9.97. The maximum Gasteiger partial charge on any atom is 0.0991 e. The summed E-state index contributed by atoms with van der Waals surface area (Å²) in [5.74, 6) is 0.848. The highest BCUT2D eigenvalue weighted by Crippen LogP contribution is 2.36. The van der Waals surface area contributed by atoms with Crippen LogP contribution in [0.5, 0.6) is 0 Å². The van der Waals surface area contributed by atoms with E-state index in [1.165, 1.54) is 12.8 Å². The van der Waals surface area contributed by atoms with E-state index in [2.05, 4.69) is 6.07 Å². The van der Waals surface area contributed by atoms with Gasteiger partial charge in [0.25, 0.3) is 0 Å². The van der Waals surface area contributed by atoms with Crippen molar-refractivity contribution in [3.8, 4) is 6.07 Å². The quantitative estimate of drug-likeness (QED) is 0.787. The Morgan fingerprint density at radius 1 is 1.36 bits per heavy atom. The number of hydrogen-bond acceptors (Lipinski definition) is 2. The zero-order valence-electron chi connectivity index (χ0n) is 8.11. The molecule has 0 aromatic heterocycles. The van der Waals surface area contributed by atoms with Crippen LogP contribution in [-0.2, 0) is 0 Å². The summed E-state index contributed by atoms with van der Waals surface area (Å²) < 4.78 is 0. The van der Waals surface area contributed by atoms with Crippen molar-refractivity contribution in [2.24, 2.45) is 11.7 Å². The Morgan fingerprint density at radius 2 is 2.00 bits per heavy atom. The molecule has 14 heavy (non-hydrogen) atoms. The van der Waals surface area contributed by atoms with Crippen LogP contribution in [0.15, 0.2) is 24.3 Å². The molecule has 2 rings (SSSR count). The van der Waals surface area contributed by atoms with Crippen LogP contribution in [-0.4, -0.2) is 0 Å². The molecule has 1 aliphatic rings. The van der Waals surface area contributed by atoms with Crippen LogP contribution in [0.1, 0.15) is 36.4 Å². The molecule has 1 aliphatic carbocycles. The summed E-state index contributed by atoms with van der Waals surface area (Å²) in [4.78, 5) is 0. The molecule has 0 amide bonds. The molecule has 1 unspecified atom stereocenters. The van der Waals surface area contributed by atoms with E-state index in [4.69, 9.17) is 11.0 Å². The van der Waals surface area contributed by atoms with E-state index >= 15 is 0 Å². The molecule has 1 aromatic rings. The van der Waals surface area contributed by atoms with Crippen molar-refractivity contribution < 1.29 is 0 Å². The van der Waals surface area contributed by atoms with Crippen LogP contribution < -0.4 is 5.73 Å². The molecule has 2 heteroatoms. The monoisotopic (exact) mass is 186 g/mol. The molecule has 72 valence electrons. The van der Waals surface area contributed by atoms with E-state index in [1.54, 1.807) is 0 Å². The first-order valence-corrected chi connectivity index (χ1v) is 5.05. The molecule has 0 heterocycles.